The molecular formula is C23H12F4N2O. The quantitative estimate of drug-likeness (QED) is 0.264. The van der Waals surface area contributed by atoms with Crippen molar-refractivity contribution >= 4 is 33.1 Å². The fourth-order valence-corrected chi connectivity index (χ4v) is 3.82. The third kappa shape index (κ3) is 2.66. The van der Waals surface area contributed by atoms with Crippen LogP contribution in [0.3, 0.4) is 0 Å². The van der Waals surface area contributed by atoms with Crippen molar-refractivity contribution in [3.05, 3.63) is 95.6 Å². The molecule has 0 radical (unpaired) electrons. The molecule has 30 heavy (non-hydrogen) atoms. The first-order valence-corrected chi connectivity index (χ1v) is 9.05. The summed E-state index contributed by atoms with van der Waals surface area (Å²) in [7, 11) is 0. The second kappa shape index (κ2) is 6.38. The van der Waals surface area contributed by atoms with Crippen molar-refractivity contribution in [1.29, 1.82) is 0 Å². The maximum atomic E-state index is 13.9. The molecule has 7 heteroatoms. The molecule has 0 aliphatic carbocycles. The minimum absolute atomic E-state index is 0.126. The Morgan fingerprint density at radius 2 is 1.47 bits per heavy atom. The molecule has 2 heterocycles. The number of halogens is 4. The minimum atomic E-state index is -4.74. The van der Waals surface area contributed by atoms with Gasteiger partial charge in [0.1, 0.15) is 5.82 Å². The number of carbonyl (C=O) groups excluding carboxylic acids is 1. The molecule has 0 spiro atoms. The van der Waals surface area contributed by atoms with Gasteiger partial charge in [0.25, 0.3) is 0 Å². The Morgan fingerprint density at radius 3 is 2.17 bits per heavy atom. The summed E-state index contributed by atoms with van der Waals surface area (Å²) < 4.78 is 56.2. The van der Waals surface area contributed by atoms with Crippen LogP contribution in [0.25, 0.3) is 27.3 Å². The number of hydrogen-bond donors (Lipinski definition) is 0. The number of aromatic nitrogens is 2. The fourth-order valence-electron chi connectivity index (χ4n) is 3.82. The molecular weight excluding hydrogens is 396 g/mol. The molecule has 0 bridgehead atoms. The third-order valence-corrected chi connectivity index (χ3v) is 5.06. The van der Waals surface area contributed by atoms with E-state index < -0.39 is 23.6 Å². The summed E-state index contributed by atoms with van der Waals surface area (Å²) in [5, 5.41) is 0.794. The van der Waals surface area contributed by atoms with Gasteiger partial charge in [0.2, 0.25) is 5.82 Å². The van der Waals surface area contributed by atoms with Gasteiger partial charge >= 0.3 is 6.18 Å². The minimum Gasteiger partial charge on any atom is -0.289 e. The fraction of sp³-hybridized carbons (Fsp3) is 0.0435. The summed E-state index contributed by atoms with van der Waals surface area (Å²) in [6.07, 6.45) is -4.74. The molecule has 0 saturated carbocycles. The molecule has 2 aromatic heterocycles. The summed E-state index contributed by atoms with van der Waals surface area (Å²) in [4.78, 5) is 17.3. The molecule has 0 fully saturated rings. The number of nitrogens with zero attached hydrogens (tertiary/aromatic N) is 2. The predicted octanol–water partition coefficient (Wildman–Crippen LogP) is 6.03. The summed E-state index contributed by atoms with van der Waals surface area (Å²) >= 11 is 0. The van der Waals surface area contributed by atoms with E-state index in [1.807, 2.05) is 0 Å². The van der Waals surface area contributed by atoms with Crippen LogP contribution in [0.2, 0.25) is 0 Å². The lowest BCUT2D eigenvalue weighted by Crippen LogP contribution is -2.15. The van der Waals surface area contributed by atoms with E-state index in [0.29, 0.717) is 10.8 Å². The van der Waals surface area contributed by atoms with Gasteiger partial charge in [-0.25, -0.2) is 9.37 Å². The number of fused-ring (bicyclic) bond motifs is 5. The van der Waals surface area contributed by atoms with E-state index >= 15 is 0 Å². The van der Waals surface area contributed by atoms with Crippen LogP contribution in [0.4, 0.5) is 17.6 Å². The smallest absolute Gasteiger partial charge is 0.289 e. The zero-order valence-electron chi connectivity index (χ0n) is 15.2. The van der Waals surface area contributed by atoms with Gasteiger partial charge in [-0.1, -0.05) is 36.4 Å². The monoisotopic (exact) mass is 408 g/mol. The van der Waals surface area contributed by atoms with E-state index in [2.05, 4.69) is 4.98 Å². The first-order valence-electron chi connectivity index (χ1n) is 9.05. The zero-order valence-corrected chi connectivity index (χ0v) is 15.2. The van der Waals surface area contributed by atoms with Crippen molar-refractivity contribution in [3.8, 4) is 0 Å². The average Bonchev–Trinajstić information content (AvgIpc) is 3.08. The summed E-state index contributed by atoms with van der Waals surface area (Å²) in [6.45, 7) is 0. The Kier molecular flexibility index (Phi) is 3.89. The van der Waals surface area contributed by atoms with E-state index in [1.54, 1.807) is 36.4 Å². The van der Waals surface area contributed by atoms with E-state index in [9.17, 15) is 22.4 Å². The van der Waals surface area contributed by atoms with Crippen molar-refractivity contribution < 1.29 is 22.4 Å². The Hall–Kier alpha value is -3.74. The number of rotatable bonds is 2. The molecule has 3 nitrogen and oxygen atoms in total. The van der Waals surface area contributed by atoms with Crippen molar-refractivity contribution in [2.75, 3.05) is 0 Å². The van der Waals surface area contributed by atoms with Crippen LogP contribution in [0.5, 0.6) is 0 Å². The molecule has 5 aromatic rings. The third-order valence-electron chi connectivity index (χ3n) is 5.06. The molecule has 0 unspecified atom stereocenters. The Balaban J connectivity index is 2.01. The normalized spacial score (nSPS) is 12.1. The van der Waals surface area contributed by atoms with Crippen LogP contribution >= 0.6 is 0 Å². The molecule has 0 aliphatic rings. The van der Waals surface area contributed by atoms with Crippen molar-refractivity contribution in [2.24, 2.45) is 0 Å². The lowest BCUT2D eigenvalue weighted by Gasteiger charge is -2.13. The number of benzene rings is 3. The first kappa shape index (κ1) is 18.3. The van der Waals surface area contributed by atoms with E-state index in [4.69, 9.17) is 0 Å². The van der Waals surface area contributed by atoms with Crippen molar-refractivity contribution in [1.82, 2.24) is 9.38 Å². The van der Waals surface area contributed by atoms with Crippen LogP contribution < -0.4 is 0 Å². The largest absolute Gasteiger partial charge is 0.450 e. The van der Waals surface area contributed by atoms with Crippen LogP contribution in [0.1, 0.15) is 21.7 Å². The second-order valence-electron chi connectivity index (χ2n) is 6.86. The molecule has 0 N–H and O–H groups in total. The van der Waals surface area contributed by atoms with Gasteiger partial charge in [0.15, 0.2) is 5.78 Å². The highest BCUT2D eigenvalue weighted by atomic mass is 19.4. The van der Waals surface area contributed by atoms with Crippen molar-refractivity contribution in [3.63, 3.8) is 0 Å². The van der Waals surface area contributed by atoms with Crippen LogP contribution in [0, 0.1) is 5.82 Å². The van der Waals surface area contributed by atoms with Crippen LogP contribution in [-0.4, -0.2) is 15.2 Å². The first-order chi connectivity index (χ1) is 14.4. The van der Waals surface area contributed by atoms with Gasteiger partial charge in [0, 0.05) is 16.3 Å². The molecule has 3 aromatic carbocycles. The average molecular weight is 408 g/mol. The molecule has 0 amide bonds. The highest BCUT2D eigenvalue weighted by Gasteiger charge is 2.38. The molecule has 0 atom stereocenters. The number of ketones is 1. The van der Waals surface area contributed by atoms with E-state index in [-0.39, 0.29) is 27.7 Å². The standard InChI is InChI=1S/C23H12F4N2O/c24-14-11-9-13(10-12-14)21(30)19-16-6-2-4-8-18(16)29-20(19)15-5-1-3-7-17(15)28-22(29)23(25,26)27/h1-12H. The van der Waals surface area contributed by atoms with Gasteiger partial charge in [-0.05, 0) is 36.4 Å². The number of para-hydroxylation sites is 2. The topological polar surface area (TPSA) is 34.4 Å². The summed E-state index contributed by atoms with van der Waals surface area (Å²) in [5.41, 5.74) is 0.797. The maximum Gasteiger partial charge on any atom is 0.450 e. The van der Waals surface area contributed by atoms with Gasteiger partial charge in [-0.3, -0.25) is 9.20 Å². The maximum absolute atomic E-state index is 13.9. The number of hydrogen-bond acceptors (Lipinski definition) is 2. The van der Waals surface area contributed by atoms with E-state index in [0.717, 1.165) is 16.5 Å². The lowest BCUT2D eigenvalue weighted by molar-refractivity contribution is -0.145. The second-order valence-corrected chi connectivity index (χ2v) is 6.86. The SMILES string of the molecule is O=C(c1ccc(F)cc1)c1c2ccccc2n2c(C(F)(F)F)nc3ccccc3c12. The van der Waals surface area contributed by atoms with Gasteiger partial charge < -0.3 is 0 Å². The van der Waals surface area contributed by atoms with Crippen LogP contribution in [-0.2, 0) is 6.18 Å². The highest BCUT2D eigenvalue weighted by molar-refractivity contribution is 6.25. The van der Waals surface area contributed by atoms with Gasteiger partial charge in [0.05, 0.1) is 22.1 Å². The Labute approximate surface area is 167 Å². The molecule has 148 valence electrons. The van der Waals surface area contributed by atoms with Gasteiger partial charge in [-0.2, -0.15) is 13.2 Å². The number of carbonyl (C=O) groups is 1. The summed E-state index contributed by atoms with van der Waals surface area (Å²) in [5.74, 6) is -2.10. The molecule has 5 rings (SSSR count). The van der Waals surface area contributed by atoms with Gasteiger partial charge in [-0.15, -0.1) is 0 Å². The van der Waals surface area contributed by atoms with Crippen LogP contribution in [0.15, 0.2) is 72.8 Å². The number of alkyl halides is 3. The lowest BCUT2D eigenvalue weighted by atomic mass is 9.99. The van der Waals surface area contributed by atoms with Crippen molar-refractivity contribution in [2.45, 2.75) is 6.18 Å². The molecule has 0 saturated heterocycles. The Morgan fingerprint density at radius 1 is 0.833 bits per heavy atom. The zero-order chi connectivity index (χ0) is 21.0. The predicted molar refractivity (Wildman–Crippen MR) is 105 cm³/mol. The Bertz CT molecular complexity index is 1450. The molecule has 0 aliphatic heterocycles. The highest BCUT2D eigenvalue weighted by Crippen LogP contribution is 2.38. The van der Waals surface area contributed by atoms with E-state index in [1.165, 1.54) is 24.3 Å². The summed E-state index contributed by atoms with van der Waals surface area (Å²) in [6, 6.07) is 17.7.